The molecule has 1 amide bonds. The second-order valence-electron chi connectivity index (χ2n) is 4.87. The molecular weight excluding hydrogens is 393 g/mol. The smallest absolute Gasteiger partial charge is 0.251 e. The molecule has 1 atom stereocenters. The topological polar surface area (TPSA) is 47.6 Å². The Morgan fingerprint density at radius 1 is 1.18 bits per heavy atom. The maximum atomic E-state index is 12.1. The van der Waals surface area contributed by atoms with Crippen LogP contribution in [0.4, 0.5) is 0 Å². The van der Waals surface area contributed by atoms with Crippen molar-refractivity contribution in [3.05, 3.63) is 57.7 Å². The number of hydrogen-bond acceptors (Lipinski definition) is 3. The highest BCUT2D eigenvalue weighted by atomic mass is 127. The molecule has 0 saturated heterocycles. The van der Waals surface area contributed by atoms with Gasteiger partial charge in [0.1, 0.15) is 18.1 Å². The molecule has 2 rings (SSSR count). The Hall–Kier alpha value is -1.76. The summed E-state index contributed by atoms with van der Waals surface area (Å²) in [5.41, 5.74) is 0.656. The van der Waals surface area contributed by atoms with Crippen molar-refractivity contribution >= 4 is 28.5 Å². The number of hydrogen-bond donors (Lipinski definition) is 1. The lowest BCUT2D eigenvalue weighted by atomic mass is 10.2. The summed E-state index contributed by atoms with van der Waals surface area (Å²) in [5.74, 6) is 1.44. The number of amides is 1. The number of halogens is 1. The summed E-state index contributed by atoms with van der Waals surface area (Å²) in [7, 11) is 1.62. The van der Waals surface area contributed by atoms with Gasteiger partial charge in [-0.3, -0.25) is 4.79 Å². The second kappa shape index (κ2) is 8.03. The molecule has 0 saturated carbocycles. The van der Waals surface area contributed by atoms with Gasteiger partial charge in [-0.15, -0.1) is 0 Å². The third-order valence-corrected chi connectivity index (χ3v) is 3.69. The van der Waals surface area contributed by atoms with E-state index in [0.29, 0.717) is 12.2 Å². The number of benzene rings is 2. The minimum atomic E-state index is -0.0932. The summed E-state index contributed by atoms with van der Waals surface area (Å²) < 4.78 is 11.8. The molecule has 0 unspecified atom stereocenters. The number of carbonyl (C=O) groups is 1. The van der Waals surface area contributed by atoms with Crippen molar-refractivity contribution in [1.82, 2.24) is 5.32 Å². The van der Waals surface area contributed by atoms with Gasteiger partial charge in [0.15, 0.2) is 0 Å². The van der Waals surface area contributed by atoms with Crippen LogP contribution in [0.5, 0.6) is 11.5 Å². The highest BCUT2D eigenvalue weighted by Gasteiger charge is 2.10. The molecule has 0 radical (unpaired) electrons. The van der Waals surface area contributed by atoms with E-state index < -0.39 is 0 Å². The van der Waals surface area contributed by atoms with E-state index in [1.54, 1.807) is 13.2 Å². The first-order valence-electron chi connectivity index (χ1n) is 6.92. The maximum absolute atomic E-state index is 12.1. The Kier molecular flexibility index (Phi) is 6.06. The van der Waals surface area contributed by atoms with E-state index in [2.05, 4.69) is 27.9 Å². The molecule has 116 valence electrons. The largest absolute Gasteiger partial charge is 0.497 e. The van der Waals surface area contributed by atoms with Gasteiger partial charge in [-0.05, 0) is 72.0 Å². The Bertz CT molecular complexity index is 628. The van der Waals surface area contributed by atoms with E-state index >= 15 is 0 Å². The summed E-state index contributed by atoms with van der Waals surface area (Å²) in [6.07, 6.45) is 0. The van der Waals surface area contributed by atoms with Crippen LogP contribution < -0.4 is 14.8 Å². The lowest BCUT2D eigenvalue weighted by molar-refractivity contribution is 0.0926. The molecular formula is C17H18INO3. The predicted molar refractivity (Wildman–Crippen MR) is 94.6 cm³/mol. The highest BCUT2D eigenvalue weighted by Crippen LogP contribution is 2.17. The average molecular weight is 411 g/mol. The molecule has 2 aromatic carbocycles. The number of nitrogens with one attached hydrogen (secondary N) is 1. The fourth-order valence-electron chi connectivity index (χ4n) is 1.87. The Labute approximate surface area is 144 Å². The lowest BCUT2D eigenvalue weighted by Crippen LogP contribution is -2.36. The first kappa shape index (κ1) is 16.6. The summed E-state index contributed by atoms with van der Waals surface area (Å²) in [5, 5.41) is 2.92. The van der Waals surface area contributed by atoms with Gasteiger partial charge in [-0.2, -0.15) is 0 Å². The SMILES string of the molecule is COc1ccc(OC[C@@H](C)NC(=O)c2cccc(I)c2)cc1. The van der Waals surface area contributed by atoms with Gasteiger partial charge in [0.05, 0.1) is 13.2 Å². The normalized spacial score (nSPS) is 11.6. The van der Waals surface area contributed by atoms with Crippen molar-refractivity contribution in [2.24, 2.45) is 0 Å². The van der Waals surface area contributed by atoms with Gasteiger partial charge < -0.3 is 14.8 Å². The molecule has 1 N–H and O–H groups in total. The summed E-state index contributed by atoms with van der Waals surface area (Å²) in [6.45, 7) is 2.32. The van der Waals surface area contributed by atoms with Crippen LogP contribution in [0.25, 0.3) is 0 Å². The Morgan fingerprint density at radius 3 is 2.50 bits per heavy atom. The van der Waals surface area contributed by atoms with Crippen LogP contribution in [0.15, 0.2) is 48.5 Å². The van der Waals surface area contributed by atoms with E-state index in [1.165, 1.54) is 0 Å². The molecule has 0 aliphatic rings. The molecule has 5 heteroatoms. The van der Waals surface area contributed by atoms with E-state index in [1.807, 2.05) is 49.4 Å². The van der Waals surface area contributed by atoms with Gasteiger partial charge in [0.25, 0.3) is 5.91 Å². The van der Waals surface area contributed by atoms with Gasteiger partial charge in [0, 0.05) is 9.13 Å². The molecule has 0 fully saturated rings. The van der Waals surface area contributed by atoms with Crippen LogP contribution >= 0.6 is 22.6 Å². The first-order valence-corrected chi connectivity index (χ1v) is 7.99. The van der Waals surface area contributed by atoms with E-state index in [0.717, 1.165) is 15.1 Å². The van der Waals surface area contributed by atoms with Crippen molar-refractivity contribution in [3.63, 3.8) is 0 Å². The third kappa shape index (κ3) is 4.91. The standard InChI is InChI=1S/C17H18INO3/c1-12(11-22-16-8-6-15(21-2)7-9-16)19-17(20)13-4-3-5-14(18)10-13/h3-10,12H,11H2,1-2H3,(H,19,20)/t12-/m1/s1. The van der Waals surface area contributed by atoms with E-state index in [4.69, 9.17) is 9.47 Å². The van der Waals surface area contributed by atoms with Crippen LogP contribution in [0.3, 0.4) is 0 Å². The zero-order valence-electron chi connectivity index (χ0n) is 12.5. The van der Waals surface area contributed by atoms with Crippen molar-refractivity contribution in [2.75, 3.05) is 13.7 Å². The van der Waals surface area contributed by atoms with E-state index in [9.17, 15) is 4.79 Å². The van der Waals surface area contributed by atoms with Crippen LogP contribution in [0, 0.1) is 3.57 Å². The average Bonchev–Trinajstić information content (AvgIpc) is 2.53. The van der Waals surface area contributed by atoms with Gasteiger partial charge >= 0.3 is 0 Å². The Balaban J connectivity index is 1.84. The molecule has 2 aromatic rings. The number of carbonyl (C=O) groups excluding carboxylic acids is 1. The number of ether oxygens (including phenoxy) is 2. The molecule has 4 nitrogen and oxygen atoms in total. The molecule has 22 heavy (non-hydrogen) atoms. The zero-order chi connectivity index (χ0) is 15.9. The van der Waals surface area contributed by atoms with Crippen molar-refractivity contribution in [3.8, 4) is 11.5 Å². The Morgan fingerprint density at radius 2 is 1.86 bits per heavy atom. The lowest BCUT2D eigenvalue weighted by Gasteiger charge is -2.15. The maximum Gasteiger partial charge on any atom is 0.251 e. The van der Waals surface area contributed by atoms with Crippen molar-refractivity contribution in [2.45, 2.75) is 13.0 Å². The molecule has 0 aliphatic heterocycles. The molecule has 0 aromatic heterocycles. The fourth-order valence-corrected chi connectivity index (χ4v) is 2.41. The fraction of sp³-hybridized carbons (Fsp3) is 0.235. The van der Waals surface area contributed by atoms with Crippen LogP contribution in [0.1, 0.15) is 17.3 Å². The van der Waals surface area contributed by atoms with Crippen LogP contribution in [0.2, 0.25) is 0 Å². The minimum Gasteiger partial charge on any atom is -0.497 e. The van der Waals surface area contributed by atoms with Gasteiger partial charge in [-0.1, -0.05) is 6.07 Å². The monoisotopic (exact) mass is 411 g/mol. The number of methoxy groups -OCH3 is 1. The van der Waals surface area contributed by atoms with Gasteiger partial charge in [0.2, 0.25) is 0 Å². The molecule has 0 spiro atoms. The van der Waals surface area contributed by atoms with Crippen molar-refractivity contribution in [1.29, 1.82) is 0 Å². The summed E-state index contributed by atoms with van der Waals surface area (Å²) >= 11 is 2.19. The predicted octanol–water partition coefficient (Wildman–Crippen LogP) is 3.50. The van der Waals surface area contributed by atoms with E-state index in [-0.39, 0.29) is 11.9 Å². The second-order valence-corrected chi connectivity index (χ2v) is 6.12. The number of rotatable bonds is 6. The van der Waals surface area contributed by atoms with Crippen molar-refractivity contribution < 1.29 is 14.3 Å². The van der Waals surface area contributed by atoms with Crippen LogP contribution in [-0.4, -0.2) is 25.7 Å². The molecule has 0 aliphatic carbocycles. The summed E-state index contributed by atoms with van der Waals surface area (Å²) in [4.78, 5) is 12.1. The summed E-state index contributed by atoms with van der Waals surface area (Å²) in [6, 6.07) is 14.7. The molecule has 0 heterocycles. The quantitative estimate of drug-likeness (QED) is 0.741. The zero-order valence-corrected chi connectivity index (χ0v) is 14.7. The first-order chi connectivity index (χ1) is 10.6. The third-order valence-electron chi connectivity index (χ3n) is 3.02. The van der Waals surface area contributed by atoms with Crippen LogP contribution in [-0.2, 0) is 0 Å². The molecule has 0 bridgehead atoms. The minimum absolute atomic E-state index is 0.0903. The highest BCUT2D eigenvalue weighted by molar-refractivity contribution is 14.1. The van der Waals surface area contributed by atoms with Gasteiger partial charge in [-0.25, -0.2) is 0 Å².